The van der Waals surface area contributed by atoms with Gasteiger partial charge in [-0.1, -0.05) is 12.1 Å². The van der Waals surface area contributed by atoms with Gasteiger partial charge in [0.15, 0.2) is 11.6 Å². The third kappa shape index (κ3) is 2.91. The van der Waals surface area contributed by atoms with E-state index in [1.165, 1.54) is 0 Å². The molecule has 2 N–H and O–H groups in total. The highest BCUT2D eigenvalue weighted by Crippen LogP contribution is 2.28. The number of rotatable bonds is 3. The maximum absolute atomic E-state index is 4.49. The summed E-state index contributed by atoms with van der Waals surface area (Å²) < 4.78 is 1.01. The van der Waals surface area contributed by atoms with Gasteiger partial charge in [0.25, 0.3) is 0 Å². The van der Waals surface area contributed by atoms with Gasteiger partial charge in [-0.3, -0.25) is 0 Å². The fourth-order valence-corrected chi connectivity index (χ4v) is 2.60. The summed E-state index contributed by atoms with van der Waals surface area (Å²) in [4.78, 5) is 11.2. The van der Waals surface area contributed by atoms with Crippen LogP contribution in [-0.4, -0.2) is 36.1 Å². The molecule has 3 rings (SSSR count). The first kappa shape index (κ1) is 13.3. The molecule has 0 amide bonds. The molecule has 0 spiro atoms. The molecular weight excluding hydrogens is 318 g/mol. The average molecular weight is 334 g/mol. The Bertz CT molecular complexity index is 583. The standard InChI is InChI=1S/C14H16BrN5/c15-11-3-1-2-4-12(11)19-13-14(18-6-5-17-13)20-9-7-16-8-10-20/h1-6,16H,7-10H2,(H,17,19). The molecule has 1 saturated heterocycles. The number of aromatic nitrogens is 2. The van der Waals surface area contributed by atoms with Gasteiger partial charge in [-0.15, -0.1) is 0 Å². The van der Waals surface area contributed by atoms with Crippen molar-refractivity contribution in [1.82, 2.24) is 15.3 Å². The second-order valence-corrected chi connectivity index (χ2v) is 5.42. The van der Waals surface area contributed by atoms with E-state index in [0.717, 1.165) is 48.0 Å². The average Bonchev–Trinajstić information content (AvgIpc) is 2.51. The Labute approximate surface area is 126 Å². The van der Waals surface area contributed by atoms with Gasteiger partial charge in [-0.05, 0) is 28.1 Å². The number of nitrogens with zero attached hydrogens (tertiary/aromatic N) is 3. The van der Waals surface area contributed by atoms with Crippen molar-refractivity contribution in [2.75, 3.05) is 36.4 Å². The van der Waals surface area contributed by atoms with Crippen molar-refractivity contribution >= 4 is 33.3 Å². The summed E-state index contributed by atoms with van der Waals surface area (Å²) in [7, 11) is 0. The molecule has 1 aromatic carbocycles. The molecule has 104 valence electrons. The van der Waals surface area contributed by atoms with E-state index in [1.807, 2.05) is 24.3 Å². The van der Waals surface area contributed by atoms with Crippen LogP contribution in [-0.2, 0) is 0 Å². The summed E-state index contributed by atoms with van der Waals surface area (Å²) in [6.07, 6.45) is 3.45. The Morgan fingerprint density at radius 1 is 1.10 bits per heavy atom. The van der Waals surface area contributed by atoms with E-state index < -0.39 is 0 Å². The molecule has 1 aromatic heterocycles. The molecule has 1 fully saturated rings. The van der Waals surface area contributed by atoms with Gasteiger partial charge in [-0.25, -0.2) is 9.97 Å². The Hall–Kier alpha value is -1.66. The number of halogens is 1. The Balaban J connectivity index is 1.88. The first-order valence-corrected chi connectivity index (χ1v) is 7.42. The smallest absolute Gasteiger partial charge is 0.173 e. The SMILES string of the molecule is Brc1ccccc1Nc1nccnc1N1CCNCC1. The quantitative estimate of drug-likeness (QED) is 0.903. The van der Waals surface area contributed by atoms with Crippen molar-refractivity contribution in [3.05, 3.63) is 41.1 Å². The van der Waals surface area contributed by atoms with E-state index in [0.29, 0.717) is 0 Å². The van der Waals surface area contributed by atoms with Gasteiger partial charge in [0.05, 0.1) is 5.69 Å². The lowest BCUT2D eigenvalue weighted by molar-refractivity contribution is 0.585. The number of nitrogens with one attached hydrogen (secondary N) is 2. The monoisotopic (exact) mass is 333 g/mol. The van der Waals surface area contributed by atoms with Gasteiger partial charge in [0, 0.05) is 43.0 Å². The molecule has 1 aliphatic rings. The van der Waals surface area contributed by atoms with Crippen molar-refractivity contribution in [2.45, 2.75) is 0 Å². The van der Waals surface area contributed by atoms with Gasteiger partial charge in [0.1, 0.15) is 0 Å². The summed E-state index contributed by atoms with van der Waals surface area (Å²) in [6.45, 7) is 3.85. The zero-order chi connectivity index (χ0) is 13.8. The van der Waals surface area contributed by atoms with Crippen molar-refractivity contribution < 1.29 is 0 Å². The lowest BCUT2D eigenvalue weighted by Gasteiger charge is -2.29. The van der Waals surface area contributed by atoms with Gasteiger partial charge < -0.3 is 15.5 Å². The van der Waals surface area contributed by atoms with Gasteiger partial charge >= 0.3 is 0 Å². The van der Waals surface area contributed by atoms with Crippen LogP contribution in [0.5, 0.6) is 0 Å². The van der Waals surface area contributed by atoms with Crippen molar-refractivity contribution in [2.24, 2.45) is 0 Å². The first-order valence-electron chi connectivity index (χ1n) is 6.63. The largest absolute Gasteiger partial charge is 0.351 e. The van der Waals surface area contributed by atoms with E-state index in [2.05, 4.69) is 41.4 Å². The topological polar surface area (TPSA) is 53.1 Å². The number of anilines is 3. The minimum absolute atomic E-state index is 0.793. The summed E-state index contributed by atoms with van der Waals surface area (Å²) in [5.41, 5.74) is 0.990. The number of hydrogen-bond acceptors (Lipinski definition) is 5. The summed E-state index contributed by atoms with van der Waals surface area (Å²) in [5.74, 6) is 1.70. The second kappa shape index (κ2) is 6.19. The zero-order valence-electron chi connectivity index (χ0n) is 11.0. The van der Waals surface area contributed by atoms with Crippen LogP contribution in [0.1, 0.15) is 0 Å². The van der Waals surface area contributed by atoms with Crippen LogP contribution < -0.4 is 15.5 Å². The second-order valence-electron chi connectivity index (χ2n) is 4.57. The first-order chi connectivity index (χ1) is 9.84. The zero-order valence-corrected chi connectivity index (χ0v) is 12.6. The molecule has 0 bridgehead atoms. The van der Waals surface area contributed by atoms with Crippen LogP contribution in [0.15, 0.2) is 41.1 Å². The molecule has 20 heavy (non-hydrogen) atoms. The molecule has 1 aliphatic heterocycles. The lowest BCUT2D eigenvalue weighted by Crippen LogP contribution is -2.44. The molecular formula is C14H16BrN5. The van der Waals surface area contributed by atoms with E-state index in [4.69, 9.17) is 0 Å². The Morgan fingerprint density at radius 3 is 2.65 bits per heavy atom. The third-order valence-electron chi connectivity index (χ3n) is 3.22. The fraction of sp³-hybridized carbons (Fsp3) is 0.286. The third-order valence-corrected chi connectivity index (χ3v) is 3.91. The maximum atomic E-state index is 4.49. The number of benzene rings is 1. The van der Waals surface area contributed by atoms with Crippen molar-refractivity contribution in [1.29, 1.82) is 0 Å². The Morgan fingerprint density at radius 2 is 1.85 bits per heavy atom. The van der Waals surface area contributed by atoms with E-state index in [-0.39, 0.29) is 0 Å². The summed E-state index contributed by atoms with van der Waals surface area (Å²) in [5, 5.41) is 6.70. The molecule has 2 aromatic rings. The molecule has 0 unspecified atom stereocenters. The highest BCUT2D eigenvalue weighted by Gasteiger charge is 2.16. The molecule has 0 saturated carbocycles. The van der Waals surface area contributed by atoms with E-state index >= 15 is 0 Å². The highest BCUT2D eigenvalue weighted by atomic mass is 79.9. The van der Waals surface area contributed by atoms with Crippen LogP contribution in [0.4, 0.5) is 17.3 Å². The molecule has 2 heterocycles. The van der Waals surface area contributed by atoms with E-state index in [9.17, 15) is 0 Å². The van der Waals surface area contributed by atoms with Crippen molar-refractivity contribution in [3.8, 4) is 0 Å². The number of hydrogen-bond donors (Lipinski definition) is 2. The lowest BCUT2D eigenvalue weighted by atomic mass is 10.3. The molecule has 0 radical (unpaired) electrons. The van der Waals surface area contributed by atoms with Crippen LogP contribution >= 0.6 is 15.9 Å². The summed E-state index contributed by atoms with van der Waals surface area (Å²) in [6, 6.07) is 8.00. The predicted molar refractivity (Wildman–Crippen MR) is 84.5 cm³/mol. The molecule has 0 atom stereocenters. The van der Waals surface area contributed by atoms with Gasteiger partial charge in [0.2, 0.25) is 0 Å². The fourth-order valence-electron chi connectivity index (χ4n) is 2.22. The highest BCUT2D eigenvalue weighted by molar-refractivity contribution is 9.10. The molecule has 5 nitrogen and oxygen atoms in total. The van der Waals surface area contributed by atoms with Crippen LogP contribution in [0, 0.1) is 0 Å². The normalized spacial score (nSPS) is 15.2. The predicted octanol–water partition coefficient (Wildman–Crippen LogP) is 2.39. The van der Waals surface area contributed by atoms with Crippen LogP contribution in [0.25, 0.3) is 0 Å². The molecule has 6 heteroatoms. The number of para-hydroxylation sites is 1. The minimum Gasteiger partial charge on any atom is -0.351 e. The van der Waals surface area contributed by atoms with Crippen molar-refractivity contribution in [3.63, 3.8) is 0 Å². The van der Waals surface area contributed by atoms with Crippen LogP contribution in [0.2, 0.25) is 0 Å². The maximum Gasteiger partial charge on any atom is 0.173 e. The number of piperazine rings is 1. The van der Waals surface area contributed by atoms with E-state index in [1.54, 1.807) is 12.4 Å². The van der Waals surface area contributed by atoms with Gasteiger partial charge in [-0.2, -0.15) is 0 Å². The Kier molecular flexibility index (Phi) is 4.13. The minimum atomic E-state index is 0.793. The van der Waals surface area contributed by atoms with Crippen LogP contribution in [0.3, 0.4) is 0 Å². The molecule has 0 aliphatic carbocycles. The summed E-state index contributed by atoms with van der Waals surface area (Å²) >= 11 is 3.54.